The van der Waals surface area contributed by atoms with Crippen LogP contribution in [0.25, 0.3) is 10.8 Å². The van der Waals surface area contributed by atoms with Gasteiger partial charge in [0.25, 0.3) is 0 Å². The summed E-state index contributed by atoms with van der Waals surface area (Å²) in [5.41, 5.74) is 4.83. The molecule has 5 aliphatic rings. The van der Waals surface area contributed by atoms with E-state index >= 15 is 0 Å². The molecule has 3 heteroatoms. The maximum atomic E-state index is 7.50. The van der Waals surface area contributed by atoms with Crippen molar-refractivity contribution in [1.29, 1.82) is 0 Å². The first-order chi connectivity index (χ1) is 17.0. The molecule has 1 saturated heterocycles. The van der Waals surface area contributed by atoms with Gasteiger partial charge in [-0.15, -0.1) is 0 Å². The summed E-state index contributed by atoms with van der Waals surface area (Å²) in [5, 5.41) is 2.56. The van der Waals surface area contributed by atoms with Gasteiger partial charge >= 0.3 is 0 Å². The maximum Gasteiger partial charge on any atom is 0.0974 e. The topological polar surface area (TPSA) is 25.4 Å². The summed E-state index contributed by atoms with van der Waals surface area (Å²) in [6.45, 7) is 6.07. The fraction of sp³-hybridized carbons (Fsp3) is 0.594. The molecule has 2 aliphatic heterocycles. The van der Waals surface area contributed by atoms with Crippen LogP contribution in [0.15, 0.2) is 60.0 Å². The number of fused-ring (bicyclic) bond motifs is 2. The molecule has 1 unspecified atom stereocenters. The third-order valence-electron chi connectivity index (χ3n) is 10.9. The molecule has 3 aliphatic carbocycles. The summed E-state index contributed by atoms with van der Waals surface area (Å²) in [4.78, 5) is 7.00. The molecule has 2 spiro atoms. The molecular weight excluding hydrogens is 428 g/mol. The Morgan fingerprint density at radius 2 is 2.03 bits per heavy atom. The van der Waals surface area contributed by atoms with Gasteiger partial charge in [-0.25, -0.2) is 0 Å². The average Bonchev–Trinajstić information content (AvgIpc) is 3.38. The van der Waals surface area contributed by atoms with E-state index in [1.54, 1.807) is 5.57 Å². The number of ether oxygens (including phenoxy) is 1. The van der Waals surface area contributed by atoms with E-state index in [1.165, 1.54) is 86.2 Å². The standard InChI is InChI=1S/C32H40N2O/c1-4-17-34(3)27-8-7-25-19-26-11-13-30(2)28(23-6-5-22-12-16-33-21-24(22)18-23)9-10-29(30)32(26)15-14-31(25,20-27)35-32/h5-6,11-12,16,18-19,21,27-29H,4,7-10,13-15,17,20H2,1-3H3/t27-,28?,29-,30-,31-,32-/m1/s1. The minimum absolute atomic E-state index is 0.00673. The number of pyridine rings is 1. The van der Waals surface area contributed by atoms with E-state index in [0.717, 1.165) is 0 Å². The van der Waals surface area contributed by atoms with E-state index < -0.39 is 0 Å². The zero-order chi connectivity index (χ0) is 23.8. The first-order valence-corrected chi connectivity index (χ1v) is 14.1. The Kier molecular flexibility index (Phi) is 4.93. The normalized spacial score (nSPS) is 39.7. The van der Waals surface area contributed by atoms with Gasteiger partial charge in [0.05, 0.1) is 11.2 Å². The quantitative estimate of drug-likeness (QED) is 0.475. The predicted molar refractivity (Wildman–Crippen MR) is 142 cm³/mol. The summed E-state index contributed by atoms with van der Waals surface area (Å²) in [7, 11) is 2.33. The lowest BCUT2D eigenvalue weighted by atomic mass is 9.58. The first-order valence-electron chi connectivity index (χ1n) is 14.1. The first kappa shape index (κ1) is 22.2. The number of allylic oxidation sites excluding steroid dienone is 1. The fourth-order valence-corrected chi connectivity index (χ4v) is 9.16. The molecule has 3 fully saturated rings. The molecule has 35 heavy (non-hydrogen) atoms. The minimum atomic E-state index is -0.0606. The van der Waals surface area contributed by atoms with E-state index in [2.05, 4.69) is 67.2 Å². The van der Waals surface area contributed by atoms with Crippen LogP contribution in [0.3, 0.4) is 0 Å². The molecule has 6 atom stereocenters. The number of hydrogen-bond donors (Lipinski definition) is 0. The van der Waals surface area contributed by atoms with Crippen LogP contribution in [0, 0.1) is 11.3 Å². The van der Waals surface area contributed by atoms with Crippen LogP contribution in [-0.2, 0) is 4.74 Å². The zero-order valence-electron chi connectivity index (χ0n) is 21.7. The monoisotopic (exact) mass is 468 g/mol. The third kappa shape index (κ3) is 3.07. The van der Waals surface area contributed by atoms with Crippen molar-refractivity contribution >= 4 is 10.8 Å². The Hall–Kier alpha value is -1.97. The van der Waals surface area contributed by atoms with Gasteiger partial charge in [-0.3, -0.25) is 4.98 Å². The summed E-state index contributed by atoms with van der Waals surface area (Å²) < 4.78 is 7.50. The van der Waals surface area contributed by atoms with Crippen molar-refractivity contribution in [3.8, 4) is 0 Å². The molecule has 1 aromatic heterocycles. The summed E-state index contributed by atoms with van der Waals surface area (Å²) in [6.07, 6.45) is 20.2. The highest BCUT2D eigenvalue weighted by molar-refractivity contribution is 5.82. The van der Waals surface area contributed by atoms with Crippen molar-refractivity contribution in [2.24, 2.45) is 11.3 Å². The smallest absolute Gasteiger partial charge is 0.0974 e. The van der Waals surface area contributed by atoms with Crippen molar-refractivity contribution in [1.82, 2.24) is 9.88 Å². The lowest BCUT2D eigenvalue weighted by molar-refractivity contribution is -0.140. The second kappa shape index (κ2) is 7.76. The van der Waals surface area contributed by atoms with Crippen molar-refractivity contribution < 1.29 is 4.74 Å². The molecule has 0 N–H and O–H groups in total. The third-order valence-corrected chi connectivity index (χ3v) is 10.9. The Bertz CT molecular complexity index is 1230. The Morgan fingerprint density at radius 1 is 1.11 bits per heavy atom. The van der Waals surface area contributed by atoms with Crippen LogP contribution in [0.5, 0.6) is 0 Å². The Balaban J connectivity index is 1.24. The van der Waals surface area contributed by atoms with Gasteiger partial charge in [-0.2, -0.15) is 0 Å². The largest absolute Gasteiger partial charge is 0.359 e. The minimum Gasteiger partial charge on any atom is -0.359 e. The van der Waals surface area contributed by atoms with Gasteiger partial charge in [-0.1, -0.05) is 38.1 Å². The lowest BCUT2D eigenvalue weighted by Gasteiger charge is -2.55. The van der Waals surface area contributed by atoms with E-state index in [0.29, 0.717) is 17.9 Å². The van der Waals surface area contributed by atoms with Gasteiger partial charge in [-0.05, 0) is 123 Å². The maximum absolute atomic E-state index is 7.50. The summed E-state index contributed by atoms with van der Waals surface area (Å²) in [5.74, 6) is 1.19. The van der Waals surface area contributed by atoms with Gasteiger partial charge < -0.3 is 9.64 Å². The van der Waals surface area contributed by atoms with Crippen molar-refractivity contribution in [3.05, 3.63) is 65.5 Å². The van der Waals surface area contributed by atoms with Crippen LogP contribution in [0.2, 0.25) is 0 Å². The Labute approximate surface area is 210 Å². The molecule has 0 amide bonds. The van der Waals surface area contributed by atoms with Crippen LogP contribution in [0.4, 0.5) is 0 Å². The van der Waals surface area contributed by atoms with Gasteiger partial charge in [0.15, 0.2) is 0 Å². The lowest BCUT2D eigenvalue weighted by Crippen LogP contribution is -2.55. The van der Waals surface area contributed by atoms with Crippen LogP contribution in [-0.4, -0.2) is 40.7 Å². The molecule has 3 heterocycles. The highest BCUT2D eigenvalue weighted by Crippen LogP contribution is 2.69. The average molecular weight is 469 g/mol. The van der Waals surface area contributed by atoms with Gasteiger partial charge in [0, 0.05) is 23.8 Å². The molecule has 2 saturated carbocycles. The van der Waals surface area contributed by atoms with Crippen LogP contribution < -0.4 is 0 Å². The van der Waals surface area contributed by atoms with Crippen LogP contribution >= 0.6 is 0 Å². The second-order valence-corrected chi connectivity index (χ2v) is 12.6. The van der Waals surface area contributed by atoms with Gasteiger partial charge in [0.2, 0.25) is 0 Å². The SMILES string of the molecule is CCCN(C)[C@@H]1CCC2=CC3=CC[C@]4(C)C(c5ccc6ccncc6c5)CC[C@H]4[C@@]34CC[C@]2(C1)O4. The van der Waals surface area contributed by atoms with Crippen molar-refractivity contribution in [2.45, 2.75) is 94.8 Å². The molecule has 7 rings (SSSR count). The number of aromatic nitrogens is 1. The highest BCUT2D eigenvalue weighted by Gasteiger charge is 2.66. The molecule has 184 valence electrons. The number of nitrogens with zero attached hydrogens (tertiary/aromatic N) is 2. The molecule has 3 nitrogen and oxygen atoms in total. The number of benzene rings is 1. The number of hydrogen-bond acceptors (Lipinski definition) is 3. The molecular formula is C32H40N2O. The van der Waals surface area contributed by atoms with Crippen LogP contribution in [0.1, 0.15) is 83.1 Å². The predicted octanol–water partition coefficient (Wildman–Crippen LogP) is 7.19. The van der Waals surface area contributed by atoms with Crippen molar-refractivity contribution in [2.75, 3.05) is 13.6 Å². The summed E-state index contributed by atoms with van der Waals surface area (Å²) >= 11 is 0. The molecule has 1 aromatic carbocycles. The van der Waals surface area contributed by atoms with E-state index in [9.17, 15) is 0 Å². The van der Waals surface area contributed by atoms with Gasteiger partial charge in [0.1, 0.15) is 0 Å². The fourth-order valence-electron chi connectivity index (χ4n) is 9.16. The molecule has 2 bridgehead atoms. The van der Waals surface area contributed by atoms with E-state index in [4.69, 9.17) is 4.74 Å². The molecule has 2 aromatic rings. The number of rotatable bonds is 4. The van der Waals surface area contributed by atoms with Crippen molar-refractivity contribution in [3.63, 3.8) is 0 Å². The van der Waals surface area contributed by atoms with E-state index in [1.807, 2.05) is 12.4 Å². The second-order valence-electron chi connectivity index (χ2n) is 12.6. The summed E-state index contributed by atoms with van der Waals surface area (Å²) in [6, 6.07) is 9.90. The molecule has 0 radical (unpaired) electrons. The Morgan fingerprint density at radius 3 is 2.91 bits per heavy atom. The highest BCUT2D eigenvalue weighted by atomic mass is 16.5. The zero-order valence-corrected chi connectivity index (χ0v) is 21.7. The van der Waals surface area contributed by atoms with E-state index in [-0.39, 0.29) is 16.6 Å².